The molecule has 1 aliphatic rings. The number of pyridine rings is 1. The van der Waals surface area contributed by atoms with Crippen LogP contribution in [0.5, 0.6) is 0 Å². The molecule has 0 bridgehead atoms. The fraction of sp³-hybridized carbons (Fsp3) is 0.548. The van der Waals surface area contributed by atoms with Gasteiger partial charge in [0.25, 0.3) is 6.02 Å². The minimum absolute atomic E-state index is 0.0518. The van der Waals surface area contributed by atoms with Gasteiger partial charge in [0.2, 0.25) is 0 Å². The number of Topliss-reactive ketones (excluding diaryl/α,β-unsaturated/α-hetero) is 1. The molecule has 1 aromatic carbocycles. The lowest BCUT2D eigenvalue weighted by atomic mass is 10.2. The van der Waals surface area contributed by atoms with Crippen molar-refractivity contribution in [2.45, 2.75) is 73.4 Å². The lowest BCUT2D eigenvalue weighted by Gasteiger charge is -2.30. The molecule has 0 aliphatic carbocycles. The number of carbonyl (C=O) groups excluding carboxylic acids is 1. The summed E-state index contributed by atoms with van der Waals surface area (Å²) in [6, 6.07) is 16.3. The fourth-order valence-corrected chi connectivity index (χ4v) is 4.02. The normalized spacial score (nSPS) is 14.3. The SMILES string of the molecule is CC.CC.CN.CNC(/N=C(\OCc1cccc2nnc(CC(C)OCc3ccccc3)n12)N1CCOCC1)C(C)=O. The van der Waals surface area contributed by atoms with E-state index in [-0.39, 0.29) is 18.5 Å². The van der Waals surface area contributed by atoms with Gasteiger partial charge in [-0.1, -0.05) is 64.1 Å². The third-order valence-corrected chi connectivity index (χ3v) is 5.95. The Labute approximate surface area is 251 Å². The smallest absolute Gasteiger partial charge is 0.289 e. The summed E-state index contributed by atoms with van der Waals surface area (Å²) in [5.41, 5.74) is 7.25. The van der Waals surface area contributed by atoms with E-state index in [2.05, 4.69) is 26.2 Å². The van der Waals surface area contributed by atoms with Gasteiger partial charge >= 0.3 is 0 Å². The first kappa shape index (κ1) is 36.6. The quantitative estimate of drug-likeness (QED) is 0.269. The van der Waals surface area contributed by atoms with Crippen molar-refractivity contribution in [1.82, 2.24) is 24.8 Å². The Morgan fingerprint density at radius 3 is 2.31 bits per heavy atom. The van der Waals surface area contributed by atoms with Crippen molar-refractivity contribution in [2.75, 3.05) is 40.4 Å². The zero-order chi connectivity index (χ0) is 31.3. The lowest BCUT2D eigenvalue weighted by Crippen LogP contribution is -2.44. The molecule has 1 fully saturated rings. The van der Waals surface area contributed by atoms with Crippen LogP contribution in [-0.2, 0) is 38.6 Å². The van der Waals surface area contributed by atoms with Crippen LogP contribution in [-0.4, -0.2) is 84.0 Å². The Kier molecular flexibility index (Phi) is 18.6. The van der Waals surface area contributed by atoms with Crippen LogP contribution in [0, 0.1) is 0 Å². The number of nitrogens with two attached hydrogens (primary N) is 1. The highest BCUT2D eigenvalue weighted by molar-refractivity contribution is 5.84. The third kappa shape index (κ3) is 11.5. The molecule has 2 aromatic heterocycles. The number of nitrogens with one attached hydrogen (secondary N) is 1. The lowest BCUT2D eigenvalue weighted by molar-refractivity contribution is -0.118. The molecule has 3 aromatic rings. The molecule has 2 unspecified atom stereocenters. The molecular weight excluding hydrogens is 534 g/mol. The van der Waals surface area contributed by atoms with Gasteiger partial charge in [-0.3, -0.25) is 14.5 Å². The topological polar surface area (TPSA) is 129 Å². The molecule has 0 spiro atoms. The van der Waals surface area contributed by atoms with E-state index in [9.17, 15) is 4.79 Å². The van der Waals surface area contributed by atoms with Crippen LogP contribution in [0.2, 0.25) is 0 Å². The highest BCUT2D eigenvalue weighted by Crippen LogP contribution is 2.15. The van der Waals surface area contributed by atoms with Crippen LogP contribution in [0.4, 0.5) is 0 Å². The van der Waals surface area contributed by atoms with Gasteiger partial charge in [0.1, 0.15) is 12.4 Å². The number of ether oxygens (including phenoxy) is 3. The van der Waals surface area contributed by atoms with Gasteiger partial charge in [-0.25, -0.2) is 4.99 Å². The predicted octanol–water partition coefficient (Wildman–Crippen LogP) is 3.84. The number of benzene rings is 1. The fourth-order valence-electron chi connectivity index (χ4n) is 4.02. The number of rotatable bonds is 10. The van der Waals surface area contributed by atoms with Crippen LogP contribution >= 0.6 is 0 Å². The van der Waals surface area contributed by atoms with E-state index in [4.69, 9.17) is 14.2 Å². The van der Waals surface area contributed by atoms with Gasteiger partial charge in [-0.15, -0.1) is 10.2 Å². The maximum atomic E-state index is 12.0. The largest absolute Gasteiger partial charge is 0.459 e. The summed E-state index contributed by atoms with van der Waals surface area (Å²) in [5, 5.41) is 11.7. The van der Waals surface area contributed by atoms with Crippen molar-refractivity contribution in [2.24, 2.45) is 10.7 Å². The summed E-state index contributed by atoms with van der Waals surface area (Å²) in [6.45, 7) is 14.8. The van der Waals surface area contributed by atoms with Crippen molar-refractivity contribution in [1.29, 1.82) is 0 Å². The average molecular weight is 586 g/mol. The van der Waals surface area contributed by atoms with E-state index >= 15 is 0 Å². The van der Waals surface area contributed by atoms with Crippen molar-refractivity contribution in [3.8, 4) is 0 Å². The molecule has 11 nitrogen and oxygen atoms in total. The van der Waals surface area contributed by atoms with Crippen molar-refractivity contribution in [3.05, 3.63) is 65.6 Å². The Bertz CT molecular complexity index is 1160. The Morgan fingerprint density at radius 2 is 1.69 bits per heavy atom. The molecule has 11 heteroatoms. The molecule has 2 atom stereocenters. The van der Waals surface area contributed by atoms with E-state index < -0.39 is 6.17 Å². The van der Waals surface area contributed by atoms with Crippen LogP contribution in [0.15, 0.2) is 53.5 Å². The first-order valence-electron chi connectivity index (χ1n) is 14.8. The van der Waals surface area contributed by atoms with E-state index in [1.807, 2.05) is 92.5 Å². The molecule has 0 radical (unpaired) electrons. The second kappa shape index (κ2) is 21.3. The minimum Gasteiger partial charge on any atom is -0.459 e. The summed E-state index contributed by atoms with van der Waals surface area (Å²) in [5.74, 6) is 0.714. The highest BCUT2D eigenvalue weighted by atomic mass is 16.5. The number of nitrogens with zero attached hydrogens (tertiary/aromatic N) is 5. The van der Waals surface area contributed by atoms with Crippen molar-refractivity contribution in [3.63, 3.8) is 0 Å². The number of fused-ring (bicyclic) bond motifs is 1. The Hall–Kier alpha value is -3.38. The van der Waals surface area contributed by atoms with Crippen LogP contribution in [0.25, 0.3) is 5.65 Å². The number of hydrogen-bond donors (Lipinski definition) is 2. The molecular formula is C31H51N7O4. The third-order valence-electron chi connectivity index (χ3n) is 5.95. The molecule has 42 heavy (non-hydrogen) atoms. The second-order valence-electron chi connectivity index (χ2n) is 8.74. The van der Waals surface area contributed by atoms with E-state index in [0.717, 1.165) is 22.7 Å². The van der Waals surface area contributed by atoms with E-state index in [0.29, 0.717) is 45.4 Å². The maximum absolute atomic E-state index is 12.0. The summed E-state index contributed by atoms with van der Waals surface area (Å²) < 4.78 is 19.7. The summed E-state index contributed by atoms with van der Waals surface area (Å²) >= 11 is 0. The molecule has 1 aliphatic heterocycles. The Morgan fingerprint density at radius 1 is 1.02 bits per heavy atom. The monoisotopic (exact) mass is 585 g/mol. The molecule has 234 valence electrons. The summed E-state index contributed by atoms with van der Waals surface area (Å²) in [7, 11) is 3.21. The molecule has 3 N–H and O–H groups in total. The van der Waals surface area contributed by atoms with Gasteiger partial charge in [-0.05, 0) is 45.6 Å². The van der Waals surface area contributed by atoms with Gasteiger partial charge in [0, 0.05) is 19.5 Å². The van der Waals surface area contributed by atoms with E-state index in [1.165, 1.54) is 14.0 Å². The first-order valence-corrected chi connectivity index (χ1v) is 14.8. The zero-order valence-corrected chi connectivity index (χ0v) is 26.7. The summed E-state index contributed by atoms with van der Waals surface area (Å²) in [4.78, 5) is 18.6. The molecule has 4 rings (SSSR count). The van der Waals surface area contributed by atoms with Crippen LogP contribution in [0.3, 0.4) is 0 Å². The average Bonchev–Trinajstić information content (AvgIpc) is 3.47. The number of likely N-dealkylation sites (N-methyl/N-ethyl adjacent to an activating group) is 1. The first-order chi connectivity index (χ1) is 20.5. The number of aliphatic imine (C=N–C) groups is 1. The van der Waals surface area contributed by atoms with Crippen LogP contribution in [0.1, 0.15) is 58.6 Å². The second-order valence-corrected chi connectivity index (χ2v) is 8.74. The molecule has 1 saturated heterocycles. The minimum atomic E-state index is -0.674. The number of aromatic nitrogens is 3. The number of ketones is 1. The van der Waals surface area contributed by atoms with E-state index in [1.54, 1.807) is 7.05 Å². The number of amidine groups is 1. The van der Waals surface area contributed by atoms with Gasteiger partial charge < -0.3 is 24.8 Å². The predicted molar refractivity (Wildman–Crippen MR) is 168 cm³/mol. The van der Waals surface area contributed by atoms with Crippen LogP contribution < -0.4 is 11.1 Å². The highest BCUT2D eigenvalue weighted by Gasteiger charge is 2.21. The standard InChI is InChI=1S/C26H34N6O4.2C2H6.CH5N/c1-19(35-17-21-8-5-4-6-9-21)16-24-30-29-23-11-7-10-22(32(23)24)18-36-26(28-25(27-3)20(2)33)31-12-14-34-15-13-31;3*1-2/h4-11,19,25,27H,12-18H2,1-3H3;2*1-2H3;2H2,1H3/b28-26-;;;. The van der Waals surface area contributed by atoms with Crippen molar-refractivity contribution >= 4 is 17.5 Å². The number of carbonyl (C=O) groups is 1. The zero-order valence-electron chi connectivity index (χ0n) is 26.7. The van der Waals surface area contributed by atoms with Crippen molar-refractivity contribution < 1.29 is 19.0 Å². The molecule has 3 heterocycles. The number of morpholine rings is 1. The Balaban J connectivity index is 0.00000138. The molecule has 0 amide bonds. The summed E-state index contributed by atoms with van der Waals surface area (Å²) in [6.07, 6.45) is -0.127. The number of hydrogen-bond acceptors (Lipinski definition) is 9. The van der Waals surface area contributed by atoms with Gasteiger partial charge in [-0.2, -0.15) is 0 Å². The molecule has 0 saturated carbocycles. The van der Waals surface area contributed by atoms with Gasteiger partial charge in [0.05, 0.1) is 31.6 Å². The van der Waals surface area contributed by atoms with Gasteiger partial charge in [0.15, 0.2) is 17.6 Å². The maximum Gasteiger partial charge on any atom is 0.289 e.